The van der Waals surface area contributed by atoms with E-state index in [1.807, 2.05) is 0 Å². The molecule has 0 N–H and O–H groups in total. The maximum atomic E-state index is 9.41. The smallest absolute Gasteiger partial charge is 0.566 e. The Kier molecular flexibility index (Phi) is 46.0. The Hall–Kier alpha value is 0.882. The Morgan fingerprint density at radius 2 is 0.850 bits per heavy atom. The molecule has 0 aliphatic carbocycles. The number of halogens is 1. The van der Waals surface area contributed by atoms with Crippen LogP contribution >= 0.6 is 37.2 Å². The van der Waals surface area contributed by atoms with Crippen LogP contribution in [0.1, 0.15) is 20.8 Å². The summed E-state index contributed by atoms with van der Waals surface area (Å²) in [6, 6.07) is 0. The molecule has 0 aromatic rings. The normalized spacial score (nSPS) is 10.2. The summed E-state index contributed by atoms with van der Waals surface area (Å²) in [4.78, 5) is 28.2. The zero-order valence-electron chi connectivity index (χ0n) is 11.1. The summed E-state index contributed by atoms with van der Waals surface area (Å²) >= 11 is 0. The van der Waals surface area contributed by atoms with Crippen molar-refractivity contribution in [3.8, 4) is 0 Å². The van der Waals surface area contributed by atoms with Gasteiger partial charge >= 0.3 is 42.1 Å². The van der Waals surface area contributed by atoms with Gasteiger partial charge in [-0.3, -0.25) is 0 Å². The van der Waals surface area contributed by atoms with Gasteiger partial charge in [-0.2, -0.15) is 0 Å². The molecule has 0 rings (SSSR count). The quantitative estimate of drug-likeness (QED) is 0.459. The van der Waals surface area contributed by atoms with Gasteiger partial charge in [0.1, 0.15) is 0 Å². The molecule has 0 aliphatic heterocycles. The average molecular weight is 388 g/mol. The predicted octanol–water partition coefficient (Wildman–Crippen LogP) is 0.163. The zero-order valence-corrected chi connectivity index (χ0v) is 15.8. The maximum absolute atomic E-state index is 9.41. The van der Waals surface area contributed by atoms with Crippen LogP contribution in [0, 0.1) is 0 Å². The number of rotatable bonds is 6. The zero-order chi connectivity index (χ0) is 15.0. The molecular weight excluding hydrogens is 371 g/mol. The van der Waals surface area contributed by atoms with Crippen molar-refractivity contribution >= 4 is 54.5 Å². The minimum absolute atomic E-state index is 0. The van der Waals surface area contributed by atoms with Crippen molar-refractivity contribution in [3.63, 3.8) is 0 Å². The molecule has 3 atom stereocenters. The molecule has 14 heteroatoms. The SMILES string of the molecule is CCO[P+](=O)[O-].CCO[P+](=O)[O-].CCO[P+](=O)[O-].Cl.[Al+3]. The van der Waals surface area contributed by atoms with E-state index in [9.17, 15) is 28.4 Å². The molecule has 116 valence electrons. The summed E-state index contributed by atoms with van der Waals surface area (Å²) in [7, 11) is -7.80. The molecule has 0 saturated carbocycles. The molecule has 0 amide bonds. The van der Waals surface area contributed by atoms with Crippen LogP contribution in [-0.2, 0) is 27.3 Å². The van der Waals surface area contributed by atoms with Crippen molar-refractivity contribution in [2.24, 2.45) is 0 Å². The van der Waals surface area contributed by atoms with Crippen LogP contribution in [0.5, 0.6) is 0 Å². The van der Waals surface area contributed by atoms with E-state index in [0.29, 0.717) is 0 Å². The Bertz CT molecular complexity index is 208. The van der Waals surface area contributed by atoms with Gasteiger partial charge < -0.3 is 14.7 Å². The maximum Gasteiger partial charge on any atom is 3.00 e. The minimum atomic E-state index is -2.60. The van der Waals surface area contributed by atoms with Crippen LogP contribution in [0.15, 0.2) is 0 Å². The molecular formula is C6H16AlClO9P3+3. The van der Waals surface area contributed by atoms with Crippen molar-refractivity contribution in [3.05, 3.63) is 0 Å². The predicted molar refractivity (Wildman–Crippen MR) is 70.7 cm³/mol. The second-order valence-corrected chi connectivity index (χ2v) is 4.04. The summed E-state index contributed by atoms with van der Waals surface area (Å²) in [5.74, 6) is 0. The first-order chi connectivity index (χ1) is 8.31. The van der Waals surface area contributed by atoms with Gasteiger partial charge in [0.25, 0.3) is 0 Å². The molecule has 0 bridgehead atoms. The molecule has 0 fully saturated rings. The van der Waals surface area contributed by atoms with E-state index in [1.165, 1.54) is 0 Å². The van der Waals surface area contributed by atoms with Gasteiger partial charge in [-0.05, 0) is 34.5 Å². The summed E-state index contributed by atoms with van der Waals surface area (Å²) in [5, 5.41) is 0. The fourth-order valence-corrected chi connectivity index (χ4v) is 0.949. The van der Waals surface area contributed by atoms with Crippen molar-refractivity contribution in [1.29, 1.82) is 0 Å². The largest absolute Gasteiger partial charge is 3.00 e. The Balaban J connectivity index is -0.0000000536. The van der Waals surface area contributed by atoms with E-state index in [4.69, 9.17) is 0 Å². The van der Waals surface area contributed by atoms with E-state index >= 15 is 0 Å². The van der Waals surface area contributed by atoms with E-state index in [2.05, 4.69) is 13.6 Å². The third-order valence-corrected chi connectivity index (χ3v) is 2.11. The molecule has 0 aromatic carbocycles. The Morgan fingerprint density at radius 1 is 0.700 bits per heavy atom. The summed E-state index contributed by atoms with van der Waals surface area (Å²) < 4.78 is 40.2. The van der Waals surface area contributed by atoms with Crippen LogP contribution in [0.3, 0.4) is 0 Å². The molecule has 3 unspecified atom stereocenters. The number of hydrogen-bond donors (Lipinski definition) is 0. The molecule has 0 saturated heterocycles. The molecule has 20 heavy (non-hydrogen) atoms. The molecule has 0 heterocycles. The monoisotopic (exact) mass is 387 g/mol. The second kappa shape index (κ2) is 28.1. The van der Waals surface area contributed by atoms with Crippen molar-refractivity contribution < 1.29 is 41.9 Å². The van der Waals surface area contributed by atoms with Crippen molar-refractivity contribution in [2.45, 2.75) is 20.8 Å². The first-order valence-electron chi connectivity index (χ1n) is 4.63. The molecule has 9 nitrogen and oxygen atoms in total. The van der Waals surface area contributed by atoms with Crippen LogP contribution in [0.25, 0.3) is 0 Å². The molecule has 0 radical (unpaired) electrons. The summed E-state index contributed by atoms with van der Waals surface area (Å²) in [5.41, 5.74) is 0. The summed E-state index contributed by atoms with van der Waals surface area (Å²) in [6.07, 6.45) is 0. The van der Waals surface area contributed by atoms with Crippen LogP contribution in [-0.4, -0.2) is 37.2 Å². The van der Waals surface area contributed by atoms with Gasteiger partial charge in [0, 0.05) is 0 Å². The van der Waals surface area contributed by atoms with Gasteiger partial charge in [-0.25, -0.2) is 0 Å². The van der Waals surface area contributed by atoms with Gasteiger partial charge in [0.15, 0.2) is 0 Å². The van der Waals surface area contributed by atoms with Gasteiger partial charge in [-0.15, -0.1) is 26.0 Å². The van der Waals surface area contributed by atoms with E-state index in [-0.39, 0.29) is 49.6 Å². The first-order valence-corrected chi connectivity index (χ1v) is 7.92. The van der Waals surface area contributed by atoms with Crippen LogP contribution in [0.4, 0.5) is 0 Å². The first kappa shape index (κ1) is 32.7. The fourth-order valence-electron chi connectivity index (χ4n) is 0.316. The van der Waals surface area contributed by atoms with Gasteiger partial charge in [-0.1, -0.05) is 0 Å². The number of hydrogen-bond acceptors (Lipinski definition) is 9. The minimum Gasteiger partial charge on any atom is -0.566 e. The van der Waals surface area contributed by atoms with E-state index < -0.39 is 24.8 Å². The molecule has 0 spiro atoms. The standard InChI is InChI=1S/3C2H5O3P.Al.ClH/c3*1-2-5-6(3)4;;/h3*2H2,1H3;;1H/q;;;+3;. The van der Waals surface area contributed by atoms with Crippen LogP contribution < -0.4 is 14.7 Å². The van der Waals surface area contributed by atoms with Crippen LogP contribution in [0.2, 0.25) is 0 Å². The van der Waals surface area contributed by atoms with Gasteiger partial charge in [0.05, 0.1) is 19.8 Å². The Labute approximate surface area is 137 Å². The third kappa shape index (κ3) is 61.8. The summed E-state index contributed by atoms with van der Waals surface area (Å²) in [6.45, 7) is 5.55. The van der Waals surface area contributed by atoms with E-state index in [1.54, 1.807) is 20.8 Å². The second-order valence-electron chi connectivity index (χ2n) is 1.92. The third-order valence-electron chi connectivity index (χ3n) is 0.704. The topological polar surface area (TPSA) is 148 Å². The van der Waals surface area contributed by atoms with E-state index in [0.717, 1.165) is 0 Å². The van der Waals surface area contributed by atoms with Gasteiger partial charge in [0.2, 0.25) is 0 Å². The fraction of sp³-hybridized carbons (Fsp3) is 1.00. The Morgan fingerprint density at radius 3 is 0.850 bits per heavy atom. The van der Waals surface area contributed by atoms with Crippen molar-refractivity contribution in [1.82, 2.24) is 0 Å². The molecule has 0 aliphatic rings. The average Bonchev–Trinajstić information content (AvgIpc) is 2.18. The molecule has 0 aromatic heterocycles. The van der Waals surface area contributed by atoms with Crippen molar-refractivity contribution in [2.75, 3.05) is 19.8 Å².